The Kier molecular flexibility index (Phi) is 4.56. The van der Waals surface area contributed by atoms with Crippen LogP contribution in [0.3, 0.4) is 0 Å². The summed E-state index contributed by atoms with van der Waals surface area (Å²) in [4.78, 5) is 11.9. The number of rotatable bonds is 3. The molecule has 2 aromatic carbocycles. The Labute approximate surface area is 123 Å². The standard InChI is InChI=1S/C14H10BrClFNO/c15-8-9-1-3-10(4-2-9)14(19)18-13-6-11(16)5-12(17)7-13/h1-7H,8H2,(H,18,19). The van der Waals surface area contributed by atoms with Crippen LogP contribution in [0.15, 0.2) is 42.5 Å². The Morgan fingerprint density at radius 1 is 1.21 bits per heavy atom. The highest BCUT2D eigenvalue weighted by atomic mass is 79.9. The van der Waals surface area contributed by atoms with E-state index in [9.17, 15) is 9.18 Å². The van der Waals surface area contributed by atoms with E-state index in [0.29, 0.717) is 11.3 Å². The van der Waals surface area contributed by atoms with Crippen molar-refractivity contribution in [2.24, 2.45) is 0 Å². The highest BCUT2D eigenvalue weighted by Crippen LogP contribution is 2.19. The maximum atomic E-state index is 13.1. The molecule has 1 amide bonds. The minimum atomic E-state index is -0.488. The number of amides is 1. The molecule has 0 heterocycles. The van der Waals surface area contributed by atoms with Crippen LogP contribution in [-0.4, -0.2) is 5.91 Å². The van der Waals surface area contributed by atoms with E-state index in [-0.39, 0.29) is 10.9 Å². The van der Waals surface area contributed by atoms with Crippen molar-refractivity contribution in [3.8, 4) is 0 Å². The largest absolute Gasteiger partial charge is 0.322 e. The van der Waals surface area contributed by atoms with Crippen molar-refractivity contribution < 1.29 is 9.18 Å². The van der Waals surface area contributed by atoms with E-state index < -0.39 is 5.82 Å². The summed E-state index contributed by atoms with van der Waals surface area (Å²) in [7, 11) is 0. The molecule has 0 spiro atoms. The Hall–Kier alpha value is -1.39. The maximum Gasteiger partial charge on any atom is 0.255 e. The van der Waals surface area contributed by atoms with Gasteiger partial charge in [-0.05, 0) is 35.9 Å². The van der Waals surface area contributed by atoms with E-state index in [1.54, 1.807) is 12.1 Å². The highest BCUT2D eigenvalue weighted by Gasteiger charge is 2.07. The van der Waals surface area contributed by atoms with E-state index in [1.165, 1.54) is 18.2 Å². The monoisotopic (exact) mass is 341 g/mol. The average molecular weight is 343 g/mol. The second kappa shape index (κ2) is 6.17. The van der Waals surface area contributed by atoms with Crippen molar-refractivity contribution >= 4 is 39.1 Å². The van der Waals surface area contributed by atoms with Crippen molar-refractivity contribution in [1.82, 2.24) is 0 Å². The van der Waals surface area contributed by atoms with Gasteiger partial charge in [-0.15, -0.1) is 0 Å². The van der Waals surface area contributed by atoms with Gasteiger partial charge in [0.25, 0.3) is 5.91 Å². The molecule has 2 aromatic rings. The van der Waals surface area contributed by atoms with Crippen molar-refractivity contribution in [2.75, 3.05) is 5.32 Å². The molecule has 5 heteroatoms. The molecule has 98 valence electrons. The quantitative estimate of drug-likeness (QED) is 0.810. The van der Waals surface area contributed by atoms with Gasteiger partial charge in [0.05, 0.1) is 0 Å². The molecule has 2 nitrogen and oxygen atoms in total. The van der Waals surface area contributed by atoms with Gasteiger partial charge < -0.3 is 5.32 Å². The van der Waals surface area contributed by atoms with Gasteiger partial charge in [-0.25, -0.2) is 4.39 Å². The molecule has 0 aliphatic rings. The number of halogens is 3. The number of alkyl halides is 1. The van der Waals surface area contributed by atoms with Crippen molar-refractivity contribution in [3.05, 3.63) is 64.4 Å². The van der Waals surface area contributed by atoms with Crippen LogP contribution in [0.1, 0.15) is 15.9 Å². The van der Waals surface area contributed by atoms with Gasteiger partial charge in [-0.3, -0.25) is 4.79 Å². The molecule has 0 aliphatic carbocycles. The molecule has 0 aliphatic heterocycles. The normalized spacial score (nSPS) is 10.3. The summed E-state index contributed by atoms with van der Waals surface area (Å²) in [6.45, 7) is 0. The number of hydrogen-bond donors (Lipinski definition) is 1. The third-order valence-corrected chi connectivity index (χ3v) is 3.36. The van der Waals surface area contributed by atoms with Crippen LogP contribution in [0.5, 0.6) is 0 Å². The summed E-state index contributed by atoms with van der Waals surface area (Å²) in [5, 5.41) is 3.57. The molecule has 0 aromatic heterocycles. The van der Waals surface area contributed by atoms with Crippen LogP contribution < -0.4 is 5.32 Å². The van der Waals surface area contributed by atoms with E-state index in [1.807, 2.05) is 12.1 Å². The second-order valence-electron chi connectivity index (χ2n) is 3.94. The molecule has 0 atom stereocenters. The first-order valence-corrected chi connectivity index (χ1v) is 7.01. The molecule has 0 radical (unpaired) electrons. The molecule has 1 N–H and O–H groups in total. The van der Waals surface area contributed by atoms with E-state index in [0.717, 1.165) is 10.9 Å². The minimum absolute atomic E-state index is 0.241. The lowest BCUT2D eigenvalue weighted by Crippen LogP contribution is -2.11. The van der Waals surface area contributed by atoms with E-state index in [2.05, 4.69) is 21.2 Å². The lowest BCUT2D eigenvalue weighted by atomic mass is 10.1. The summed E-state index contributed by atoms with van der Waals surface area (Å²) in [5.74, 6) is -0.791. The Bertz CT molecular complexity index is 581. The minimum Gasteiger partial charge on any atom is -0.322 e. The van der Waals surface area contributed by atoms with Crippen LogP contribution in [0, 0.1) is 5.82 Å². The van der Waals surface area contributed by atoms with Crippen molar-refractivity contribution in [3.63, 3.8) is 0 Å². The summed E-state index contributed by atoms with van der Waals surface area (Å²) in [5.41, 5.74) is 1.91. The van der Waals surface area contributed by atoms with Gasteiger partial charge in [-0.2, -0.15) is 0 Å². The fourth-order valence-electron chi connectivity index (χ4n) is 1.57. The van der Waals surface area contributed by atoms with Crippen LogP contribution in [0.25, 0.3) is 0 Å². The van der Waals surface area contributed by atoms with Gasteiger partial charge in [0, 0.05) is 21.6 Å². The van der Waals surface area contributed by atoms with Crippen LogP contribution in [0.4, 0.5) is 10.1 Å². The molecule has 0 bridgehead atoms. The molecule has 19 heavy (non-hydrogen) atoms. The summed E-state index contributed by atoms with van der Waals surface area (Å²) < 4.78 is 13.1. The summed E-state index contributed by atoms with van der Waals surface area (Å²) in [6.07, 6.45) is 0. The first-order chi connectivity index (χ1) is 9.08. The van der Waals surface area contributed by atoms with Crippen LogP contribution >= 0.6 is 27.5 Å². The molecule has 0 saturated carbocycles. The highest BCUT2D eigenvalue weighted by molar-refractivity contribution is 9.08. The fraction of sp³-hybridized carbons (Fsp3) is 0.0714. The third-order valence-electron chi connectivity index (χ3n) is 2.49. The van der Waals surface area contributed by atoms with Crippen molar-refractivity contribution in [1.29, 1.82) is 0 Å². The van der Waals surface area contributed by atoms with Gasteiger partial charge in [-0.1, -0.05) is 39.7 Å². The van der Waals surface area contributed by atoms with Crippen LogP contribution in [-0.2, 0) is 5.33 Å². The number of hydrogen-bond acceptors (Lipinski definition) is 1. The van der Waals surface area contributed by atoms with Crippen molar-refractivity contribution in [2.45, 2.75) is 5.33 Å². The lowest BCUT2D eigenvalue weighted by Gasteiger charge is -2.06. The Morgan fingerprint density at radius 3 is 2.47 bits per heavy atom. The molecule has 0 saturated heterocycles. The third kappa shape index (κ3) is 3.78. The molecule has 0 fully saturated rings. The number of carbonyl (C=O) groups is 1. The zero-order valence-corrected chi connectivity index (χ0v) is 12.1. The Balaban J connectivity index is 2.15. The maximum absolute atomic E-state index is 13.1. The Morgan fingerprint density at radius 2 is 1.89 bits per heavy atom. The molecular weight excluding hydrogens is 333 g/mol. The molecule has 2 rings (SSSR count). The lowest BCUT2D eigenvalue weighted by molar-refractivity contribution is 0.102. The molecule has 0 unspecified atom stereocenters. The zero-order chi connectivity index (χ0) is 13.8. The number of nitrogens with one attached hydrogen (secondary N) is 1. The number of carbonyl (C=O) groups excluding carboxylic acids is 1. The predicted octanol–water partition coefficient (Wildman–Crippen LogP) is 4.63. The van der Waals surface area contributed by atoms with Gasteiger partial charge in [0.15, 0.2) is 0 Å². The second-order valence-corrected chi connectivity index (χ2v) is 4.94. The fourth-order valence-corrected chi connectivity index (χ4v) is 2.17. The van der Waals surface area contributed by atoms with Crippen LogP contribution in [0.2, 0.25) is 5.02 Å². The van der Waals surface area contributed by atoms with E-state index >= 15 is 0 Å². The van der Waals surface area contributed by atoms with Gasteiger partial charge in [0.2, 0.25) is 0 Å². The summed E-state index contributed by atoms with van der Waals surface area (Å²) >= 11 is 9.05. The molecular formula is C14H10BrClFNO. The number of anilines is 1. The average Bonchev–Trinajstić information content (AvgIpc) is 2.37. The topological polar surface area (TPSA) is 29.1 Å². The first-order valence-electron chi connectivity index (χ1n) is 5.51. The van der Waals surface area contributed by atoms with E-state index in [4.69, 9.17) is 11.6 Å². The number of benzene rings is 2. The first kappa shape index (κ1) is 14.0. The summed E-state index contributed by atoms with van der Waals surface area (Å²) in [6, 6.07) is 11.0. The van der Waals surface area contributed by atoms with Gasteiger partial charge >= 0.3 is 0 Å². The SMILES string of the molecule is O=C(Nc1cc(F)cc(Cl)c1)c1ccc(CBr)cc1. The predicted molar refractivity (Wildman–Crippen MR) is 78.4 cm³/mol. The van der Waals surface area contributed by atoms with Gasteiger partial charge in [0.1, 0.15) is 5.82 Å². The zero-order valence-electron chi connectivity index (χ0n) is 9.79. The smallest absolute Gasteiger partial charge is 0.255 e.